The van der Waals surface area contributed by atoms with Gasteiger partial charge in [-0.1, -0.05) is 0 Å². The highest BCUT2D eigenvalue weighted by atomic mass is 19.3. The van der Waals surface area contributed by atoms with Crippen molar-refractivity contribution in [2.75, 3.05) is 13.1 Å². The fraction of sp³-hybridized carbons (Fsp3) is 0.923. The number of alkyl halides is 2. The van der Waals surface area contributed by atoms with Crippen molar-refractivity contribution < 1.29 is 13.6 Å². The molecule has 106 valence electrons. The van der Waals surface area contributed by atoms with Crippen LogP contribution in [-0.2, 0) is 4.79 Å². The molecule has 1 atom stereocenters. The number of nitrogens with one attached hydrogen (secondary N) is 2. The van der Waals surface area contributed by atoms with Gasteiger partial charge in [-0.2, -0.15) is 0 Å². The third-order valence-electron chi connectivity index (χ3n) is 2.98. The molecule has 1 unspecified atom stereocenters. The minimum absolute atomic E-state index is 0.00383. The Morgan fingerprint density at radius 2 is 2.06 bits per heavy atom. The monoisotopic (exact) mass is 262 g/mol. The lowest BCUT2D eigenvalue weighted by molar-refractivity contribution is -0.122. The van der Waals surface area contributed by atoms with Gasteiger partial charge in [0.1, 0.15) is 0 Å². The maximum atomic E-state index is 12.9. The van der Waals surface area contributed by atoms with Crippen molar-refractivity contribution in [1.82, 2.24) is 10.6 Å². The molecule has 0 saturated heterocycles. The van der Waals surface area contributed by atoms with Crippen LogP contribution in [0.2, 0.25) is 0 Å². The Labute approximate surface area is 108 Å². The van der Waals surface area contributed by atoms with Crippen molar-refractivity contribution in [1.29, 1.82) is 0 Å². The topological polar surface area (TPSA) is 41.1 Å². The van der Waals surface area contributed by atoms with Crippen molar-refractivity contribution in [3.05, 3.63) is 0 Å². The van der Waals surface area contributed by atoms with Gasteiger partial charge in [0, 0.05) is 31.3 Å². The van der Waals surface area contributed by atoms with E-state index >= 15 is 0 Å². The van der Waals surface area contributed by atoms with Crippen LogP contribution >= 0.6 is 0 Å². The first-order chi connectivity index (χ1) is 8.18. The van der Waals surface area contributed by atoms with Gasteiger partial charge in [-0.25, -0.2) is 8.78 Å². The number of hydrogen-bond donors (Lipinski definition) is 2. The van der Waals surface area contributed by atoms with Gasteiger partial charge < -0.3 is 10.6 Å². The predicted octanol–water partition coefficient (Wildman–Crippen LogP) is 2.32. The van der Waals surface area contributed by atoms with Gasteiger partial charge in [-0.05, 0) is 39.7 Å². The van der Waals surface area contributed by atoms with Gasteiger partial charge in [0.15, 0.2) is 0 Å². The fourth-order valence-electron chi connectivity index (χ4n) is 2.20. The molecule has 0 aliphatic heterocycles. The SMILES string of the molecule is CC(C)(C)NC(=O)CCNCC1CCC(F)(F)C1. The molecule has 18 heavy (non-hydrogen) atoms. The molecule has 1 aliphatic rings. The quantitative estimate of drug-likeness (QED) is 0.747. The highest BCUT2D eigenvalue weighted by Gasteiger charge is 2.38. The molecule has 3 nitrogen and oxygen atoms in total. The number of carbonyl (C=O) groups excluding carboxylic acids is 1. The molecule has 1 rings (SSSR count). The largest absolute Gasteiger partial charge is 0.351 e. The summed E-state index contributed by atoms with van der Waals surface area (Å²) in [6, 6.07) is 0. The van der Waals surface area contributed by atoms with E-state index < -0.39 is 5.92 Å². The van der Waals surface area contributed by atoms with E-state index in [4.69, 9.17) is 0 Å². The van der Waals surface area contributed by atoms with E-state index in [1.165, 1.54) is 0 Å². The van der Waals surface area contributed by atoms with Gasteiger partial charge in [0.05, 0.1) is 0 Å². The predicted molar refractivity (Wildman–Crippen MR) is 67.7 cm³/mol. The van der Waals surface area contributed by atoms with Crippen LogP contribution in [0.25, 0.3) is 0 Å². The maximum Gasteiger partial charge on any atom is 0.248 e. The summed E-state index contributed by atoms with van der Waals surface area (Å²) in [4.78, 5) is 11.5. The van der Waals surface area contributed by atoms with E-state index in [2.05, 4.69) is 10.6 Å². The Hall–Kier alpha value is -0.710. The van der Waals surface area contributed by atoms with E-state index in [0.29, 0.717) is 25.9 Å². The first-order valence-electron chi connectivity index (χ1n) is 6.57. The molecular formula is C13H24F2N2O. The lowest BCUT2D eigenvalue weighted by Gasteiger charge is -2.20. The smallest absolute Gasteiger partial charge is 0.248 e. The van der Waals surface area contributed by atoms with Gasteiger partial charge in [0.25, 0.3) is 0 Å². The summed E-state index contributed by atoms with van der Waals surface area (Å²) in [5.41, 5.74) is -0.218. The molecule has 5 heteroatoms. The summed E-state index contributed by atoms with van der Waals surface area (Å²) in [5, 5.41) is 5.95. The van der Waals surface area contributed by atoms with E-state index in [1.54, 1.807) is 0 Å². The Kier molecular flexibility index (Phi) is 5.08. The van der Waals surface area contributed by atoms with Crippen LogP contribution in [0.15, 0.2) is 0 Å². The Morgan fingerprint density at radius 1 is 1.39 bits per heavy atom. The summed E-state index contributed by atoms with van der Waals surface area (Å²) >= 11 is 0. The van der Waals surface area contributed by atoms with Crippen LogP contribution in [0.3, 0.4) is 0 Å². The lowest BCUT2D eigenvalue weighted by atomic mass is 10.1. The first-order valence-corrected chi connectivity index (χ1v) is 6.57. The zero-order chi connectivity index (χ0) is 13.8. The third kappa shape index (κ3) is 6.28. The Balaban J connectivity index is 2.07. The first kappa shape index (κ1) is 15.3. The molecule has 0 heterocycles. The molecule has 0 spiro atoms. The molecule has 0 aromatic heterocycles. The standard InChI is InChI=1S/C13H24F2N2O/c1-12(2,3)17-11(18)5-7-16-9-10-4-6-13(14,15)8-10/h10,16H,4-9H2,1-3H3,(H,17,18). The van der Waals surface area contributed by atoms with Crippen LogP contribution in [0.5, 0.6) is 0 Å². The molecule has 0 aromatic rings. The van der Waals surface area contributed by atoms with Crippen LogP contribution < -0.4 is 10.6 Å². The molecule has 2 N–H and O–H groups in total. The highest BCUT2D eigenvalue weighted by Crippen LogP contribution is 2.38. The van der Waals surface area contributed by atoms with Crippen LogP contribution in [0.1, 0.15) is 46.5 Å². The van der Waals surface area contributed by atoms with Crippen LogP contribution in [0.4, 0.5) is 8.78 Å². The second kappa shape index (κ2) is 5.95. The van der Waals surface area contributed by atoms with Gasteiger partial charge in [-0.15, -0.1) is 0 Å². The number of amides is 1. The summed E-state index contributed by atoms with van der Waals surface area (Å²) in [6.45, 7) is 6.92. The van der Waals surface area contributed by atoms with Gasteiger partial charge in [-0.3, -0.25) is 4.79 Å². The Bertz CT molecular complexity index is 287. The minimum atomic E-state index is -2.48. The van der Waals surface area contributed by atoms with Gasteiger partial charge >= 0.3 is 0 Å². The molecular weight excluding hydrogens is 238 g/mol. The second-order valence-corrected chi connectivity index (χ2v) is 6.22. The average molecular weight is 262 g/mol. The lowest BCUT2D eigenvalue weighted by Crippen LogP contribution is -2.41. The van der Waals surface area contributed by atoms with Crippen molar-refractivity contribution in [3.8, 4) is 0 Å². The summed E-state index contributed by atoms with van der Waals surface area (Å²) in [5.74, 6) is -2.44. The van der Waals surface area contributed by atoms with Crippen LogP contribution in [-0.4, -0.2) is 30.5 Å². The van der Waals surface area contributed by atoms with Gasteiger partial charge in [0.2, 0.25) is 11.8 Å². The normalized spacial score (nSPS) is 23.1. The second-order valence-electron chi connectivity index (χ2n) is 6.22. The Morgan fingerprint density at radius 3 is 2.56 bits per heavy atom. The van der Waals surface area contributed by atoms with E-state index in [-0.39, 0.29) is 30.2 Å². The number of hydrogen-bond acceptors (Lipinski definition) is 2. The molecule has 0 bridgehead atoms. The van der Waals surface area contributed by atoms with E-state index in [1.807, 2.05) is 20.8 Å². The van der Waals surface area contributed by atoms with Crippen molar-refractivity contribution in [2.45, 2.75) is 57.9 Å². The average Bonchev–Trinajstić information content (AvgIpc) is 2.50. The number of rotatable bonds is 5. The zero-order valence-corrected chi connectivity index (χ0v) is 11.5. The van der Waals surface area contributed by atoms with Crippen LogP contribution in [0, 0.1) is 5.92 Å². The maximum absolute atomic E-state index is 12.9. The van der Waals surface area contributed by atoms with Crippen molar-refractivity contribution in [3.63, 3.8) is 0 Å². The highest BCUT2D eigenvalue weighted by molar-refractivity contribution is 5.76. The van der Waals surface area contributed by atoms with E-state index in [9.17, 15) is 13.6 Å². The summed E-state index contributed by atoms with van der Waals surface area (Å²) in [6.07, 6.45) is 0.951. The number of carbonyl (C=O) groups is 1. The summed E-state index contributed by atoms with van der Waals surface area (Å²) < 4.78 is 25.9. The molecule has 1 fully saturated rings. The number of halogens is 2. The zero-order valence-electron chi connectivity index (χ0n) is 11.5. The van der Waals surface area contributed by atoms with Crippen molar-refractivity contribution >= 4 is 5.91 Å². The van der Waals surface area contributed by atoms with Crippen molar-refractivity contribution in [2.24, 2.45) is 5.92 Å². The molecule has 0 aromatic carbocycles. The summed E-state index contributed by atoms with van der Waals surface area (Å²) in [7, 11) is 0. The van der Waals surface area contributed by atoms with E-state index in [0.717, 1.165) is 0 Å². The third-order valence-corrected chi connectivity index (χ3v) is 2.98. The molecule has 1 saturated carbocycles. The molecule has 1 aliphatic carbocycles. The fourth-order valence-corrected chi connectivity index (χ4v) is 2.20. The molecule has 1 amide bonds. The minimum Gasteiger partial charge on any atom is -0.351 e. The molecule has 0 radical (unpaired) electrons.